The second-order valence-corrected chi connectivity index (χ2v) is 5.89. The van der Waals surface area contributed by atoms with Crippen molar-refractivity contribution in [3.63, 3.8) is 0 Å². The summed E-state index contributed by atoms with van der Waals surface area (Å²) >= 11 is 0. The van der Waals surface area contributed by atoms with Crippen LogP contribution in [0.4, 0.5) is 0 Å². The first-order valence-corrected chi connectivity index (χ1v) is 7.17. The van der Waals surface area contributed by atoms with E-state index in [4.69, 9.17) is 5.73 Å². The summed E-state index contributed by atoms with van der Waals surface area (Å²) in [5.41, 5.74) is 6.01. The lowest BCUT2D eigenvalue weighted by Crippen LogP contribution is -2.60. The third-order valence-electron chi connectivity index (χ3n) is 4.50. The highest BCUT2D eigenvalue weighted by atomic mass is 15.3. The summed E-state index contributed by atoms with van der Waals surface area (Å²) in [7, 11) is 2.24. The van der Waals surface area contributed by atoms with Crippen LogP contribution in [0.2, 0.25) is 0 Å². The van der Waals surface area contributed by atoms with Gasteiger partial charge in [-0.25, -0.2) is 0 Å². The highest BCUT2D eigenvalue weighted by Crippen LogP contribution is 2.21. The Morgan fingerprint density at radius 1 is 1.24 bits per heavy atom. The van der Waals surface area contributed by atoms with Gasteiger partial charge in [-0.1, -0.05) is 20.3 Å². The first-order chi connectivity index (χ1) is 8.01. The molecule has 0 amide bonds. The Labute approximate surface area is 107 Å². The first kappa shape index (κ1) is 14.9. The fraction of sp³-hybridized carbons (Fsp3) is 1.00. The second-order valence-electron chi connectivity index (χ2n) is 5.89. The molecule has 4 unspecified atom stereocenters. The summed E-state index contributed by atoms with van der Waals surface area (Å²) in [5, 5.41) is 0. The fourth-order valence-electron chi connectivity index (χ4n) is 3.11. The molecule has 1 aliphatic rings. The Morgan fingerprint density at radius 2 is 1.76 bits per heavy atom. The van der Waals surface area contributed by atoms with Crippen molar-refractivity contribution in [1.82, 2.24) is 9.80 Å². The van der Waals surface area contributed by atoms with Crippen LogP contribution in [0.3, 0.4) is 0 Å². The zero-order chi connectivity index (χ0) is 13.0. The Kier molecular flexibility index (Phi) is 5.90. The molecular formula is C14H31N3. The molecule has 0 spiro atoms. The number of piperazine rings is 1. The molecule has 1 rings (SSSR count). The maximum atomic E-state index is 6.01. The van der Waals surface area contributed by atoms with Crippen molar-refractivity contribution in [2.45, 2.75) is 58.7 Å². The maximum absolute atomic E-state index is 6.01. The van der Waals surface area contributed by atoms with Crippen molar-refractivity contribution in [2.75, 3.05) is 26.7 Å². The molecule has 102 valence electrons. The molecule has 3 nitrogen and oxygen atoms in total. The first-order valence-electron chi connectivity index (χ1n) is 7.17. The van der Waals surface area contributed by atoms with Gasteiger partial charge in [0.25, 0.3) is 0 Å². The summed E-state index contributed by atoms with van der Waals surface area (Å²) in [4.78, 5) is 5.10. The average molecular weight is 241 g/mol. The van der Waals surface area contributed by atoms with Crippen molar-refractivity contribution >= 4 is 0 Å². The van der Waals surface area contributed by atoms with E-state index in [0.717, 1.165) is 19.6 Å². The number of nitrogens with zero attached hydrogens (tertiary/aromatic N) is 2. The lowest BCUT2D eigenvalue weighted by molar-refractivity contribution is 0.0199. The molecule has 0 saturated carbocycles. The van der Waals surface area contributed by atoms with Crippen LogP contribution >= 0.6 is 0 Å². The van der Waals surface area contributed by atoms with Crippen LogP contribution < -0.4 is 5.73 Å². The zero-order valence-corrected chi connectivity index (χ0v) is 12.3. The van der Waals surface area contributed by atoms with Crippen LogP contribution in [0.1, 0.15) is 40.5 Å². The van der Waals surface area contributed by atoms with Crippen molar-refractivity contribution in [1.29, 1.82) is 0 Å². The van der Waals surface area contributed by atoms with E-state index < -0.39 is 0 Å². The van der Waals surface area contributed by atoms with Gasteiger partial charge in [-0.2, -0.15) is 0 Å². The van der Waals surface area contributed by atoms with Crippen LogP contribution in [0, 0.1) is 5.92 Å². The molecule has 4 atom stereocenters. The number of nitrogens with two attached hydrogens (primary N) is 1. The van der Waals surface area contributed by atoms with Gasteiger partial charge >= 0.3 is 0 Å². The van der Waals surface area contributed by atoms with Gasteiger partial charge in [0.15, 0.2) is 0 Å². The SMILES string of the molecule is CCCC(C)C(CN)N1CC(C)N(C)C(C)C1. The van der Waals surface area contributed by atoms with E-state index in [0.29, 0.717) is 24.0 Å². The van der Waals surface area contributed by atoms with E-state index in [-0.39, 0.29) is 0 Å². The van der Waals surface area contributed by atoms with E-state index in [1.54, 1.807) is 0 Å². The molecule has 0 aromatic heterocycles. The Bertz CT molecular complexity index is 208. The predicted octanol–water partition coefficient (Wildman–Crippen LogP) is 1.77. The molecule has 1 aliphatic heterocycles. The van der Waals surface area contributed by atoms with Gasteiger partial charge in [0.1, 0.15) is 0 Å². The summed E-state index contributed by atoms with van der Waals surface area (Å²) < 4.78 is 0. The smallest absolute Gasteiger partial charge is 0.0245 e. The molecule has 1 fully saturated rings. The molecule has 17 heavy (non-hydrogen) atoms. The summed E-state index contributed by atoms with van der Waals surface area (Å²) in [6.45, 7) is 12.4. The van der Waals surface area contributed by atoms with E-state index >= 15 is 0 Å². The van der Waals surface area contributed by atoms with Gasteiger partial charge in [-0.05, 0) is 33.2 Å². The fourth-order valence-corrected chi connectivity index (χ4v) is 3.11. The highest BCUT2D eigenvalue weighted by Gasteiger charge is 2.32. The minimum Gasteiger partial charge on any atom is -0.329 e. The van der Waals surface area contributed by atoms with Crippen molar-refractivity contribution in [3.05, 3.63) is 0 Å². The third-order valence-corrected chi connectivity index (χ3v) is 4.50. The Morgan fingerprint density at radius 3 is 2.18 bits per heavy atom. The van der Waals surface area contributed by atoms with Gasteiger partial charge < -0.3 is 5.73 Å². The van der Waals surface area contributed by atoms with Crippen LogP contribution in [-0.4, -0.2) is 54.6 Å². The monoisotopic (exact) mass is 241 g/mol. The summed E-state index contributed by atoms with van der Waals surface area (Å²) in [6, 6.07) is 1.84. The van der Waals surface area contributed by atoms with Gasteiger partial charge in [0, 0.05) is 37.8 Å². The molecule has 1 saturated heterocycles. The Hall–Kier alpha value is -0.120. The van der Waals surface area contributed by atoms with Gasteiger partial charge in [0.2, 0.25) is 0 Å². The topological polar surface area (TPSA) is 32.5 Å². The molecule has 0 bridgehead atoms. The second kappa shape index (κ2) is 6.72. The molecular weight excluding hydrogens is 210 g/mol. The van der Waals surface area contributed by atoms with Gasteiger partial charge in [0.05, 0.1) is 0 Å². The van der Waals surface area contributed by atoms with Gasteiger partial charge in [-0.3, -0.25) is 9.80 Å². The number of likely N-dealkylation sites (N-methyl/N-ethyl adjacent to an activating group) is 1. The lowest BCUT2D eigenvalue weighted by Gasteiger charge is -2.46. The van der Waals surface area contributed by atoms with E-state index in [2.05, 4.69) is 44.5 Å². The van der Waals surface area contributed by atoms with E-state index in [1.165, 1.54) is 12.8 Å². The lowest BCUT2D eigenvalue weighted by atomic mass is 9.93. The maximum Gasteiger partial charge on any atom is 0.0245 e. The van der Waals surface area contributed by atoms with Crippen molar-refractivity contribution in [2.24, 2.45) is 11.7 Å². The van der Waals surface area contributed by atoms with E-state index in [1.807, 2.05) is 0 Å². The quantitative estimate of drug-likeness (QED) is 0.796. The molecule has 0 aromatic carbocycles. The highest BCUT2D eigenvalue weighted by molar-refractivity contribution is 4.88. The van der Waals surface area contributed by atoms with Crippen LogP contribution in [0.25, 0.3) is 0 Å². The van der Waals surface area contributed by atoms with E-state index in [9.17, 15) is 0 Å². The minimum atomic E-state index is 0.563. The normalized spacial score (nSPS) is 31.4. The van der Waals surface area contributed by atoms with Crippen LogP contribution in [-0.2, 0) is 0 Å². The number of hydrogen-bond donors (Lipinski definition) is 1. The molecule has 2 N–H and O–H groups in total. The summed E-state index contributed by atoms with van der Waals surface area (Å²) in [5.74, 6) is 0.716. The summed E-state index contributed by atoms with van der Waals surface area (Å²) in [6.07, 6.45) is 2.55. The van der Waals surface area contributed by atoms with Crippen LogP contribution in [0.5, 0.6) is 0 Å². The molecule has 0 aromatic rings. The predicted molar refractivity (Wildman–Crippen MR) is 75.2 cm³/mol. The minimum absolute atomic E-state index is 0.563. The molecule has 1 heterocycles. The average Bonchev–Trinajstić information content (AvgIpc) is 2.27. The third kappa shape index (κ3) is 3.67. The zero-order valence-electron chi connectivity index (χ0n) is 12.3. The largest absolute Gasteiger partial charge is 0.329 e. The Balaban J connectivity index is 2.63. The number of rotatable bonds is 5. The van der Waals surface area contributed by atoms with Crippen molar-refractivity contribution < 1.29 is 0 Å². The standard InChI is InChI=1S/C14H31N3/c1-6-7-11(2)14(8-15)17-9-12(3)16(5)13(4)10-17/h11-14H,6-10,15H2,1-5H3. The van der Waals surface area contributed by atoms with Crippen LogP contribution in [0.15, 0.2) is 0 Å². The number of hydrogen-bond acceptors (Lipinski definition) is 3. The molecule has 0 aliphatic carbocycles. The molecule has 3 heteroatoms. The van der Waals surface area contributed by atoms with Crippen molar-refractivity contribution in [3.8, 4) is 0 Å². The van der Waals surface area contributed by atoms with Gasteiger partial charge in [-0.15, -0.1) is 0 Å². The molecule has 0 radical (unpaired) electrons.